The van der Waals surface area contributed by atoms with Crippen LogP contribution in [0.5, 0.6) is 0 Å². The van der Waals surface area contributed by atoms with E-state index in [4.69, 9.17) is 4.98 Å². The Labute approximate surface area is 168 Å². The lowest BCUT2D eigenvalue weighted by Gasteiger charge is -2.32. The predicted molar refractivity (Wildman–Crippen MR) is 115 cm³/mol. The van der Waals surface area contributed by atoms with E-state index in [1.54, 1.807) is 11.6 Å². The summed E-state index contributed by atoms with van der Waals surface area (Å²) in [6.45, 7) is 7.10. The first kappa shape index (κ1) is 22.1. The van der Waals surface area contributed by atoms with Gasteiger partial charge in [0.05, 0.1) is 16.9 Å². The molecule has 1 heterocycles. The molecule has 0 saturated heterocycles. The SMILES string of the molecule is CCCCCC(=O)N(CCCCC)C(CC)c1nc2ccccc2c(=O)n1C. The van der Waals surface area contributed by atoms with Gasteiger partial charge in [-0.2, -0.15) is 0 Å². The lowest BCUT2D eigenvalue weighted by Crippen LogP contribution is -2.38. The van der Waals surface area contributed by atoms with Crippen LogP contribution in [0.25, 0.3) is 10.9 Å². The molecule has 0 saturated carbocycles. The maximum absolute atomic E-state index is 13.1. The molecular formula is C23H35N3O2. The Morgan fingerprint density at radius 1 is 1.07 bits per heavy atom. The molecule has 0 aliphatic rings. The number of fused-ring (bicyclic) bond motifs is 1. The number of rotatable bonds is 11. The van der Waals surface area contributed by atoms with Crippen molar-refractivity contribution in [3.63, 3.8) is 0 Å². The zero-order chi connectivity index (χ0) is 20.5. The highest BCUT2D eigenvalue weighted by atomic mass is 16.2. The summed E-state index contributed by atoms with van der Waals surface area (Å²) in [4.78, 5) is 32.7. The van der Waals surface area contributed by atoms with E-state index in [1.807, 2.05) is 29.2 Å². The van der Waals surface area contributed by atoms with Crippen molar-refractivity contribution in [1.29, 1.82) is 0 Å². The maximum atomic E-state index is 13.1. The fourth-order valence-corrected chi connectivity index (χ4v) is 3.73. The molecule has 2 aromatic rings. The van der Waals surface area contributed by atoms with Crippen molar-refractivity contribution in [2.45, 2.75) is 78.2 Å². The Balaban J connectivity index is 2.41. The number of amides is 1. The minimum atomic E-state index is -0.173. The summed E-state index contributed by atoms with van der Waals surface area (Å²) in [5.74, 6) is 0.866. The van der Waals surface area contributed by atoms with E-state index < -0.39 is 0 Å². The third-order valence-corrected chi connectivity index (χ3v) is 5.40. The van der Waals surface area contributed by atoms with Crippen LogP contribution in [0.15, 0.2) is 29.1 Å². The Morgan fingerprint density at radius 2 is 1.75 bits per heavy atom. The molecule has 1 aromatic heterocycles. The molecule has 1 unspecified atom stereocenters. The van der Waals surface area contributed by atoms with E-state index in [2.05, 4.69) is 20.8 Å². The van der Waals surface area contributed by atoms with Gasteiger partial charge in [-0.3, -0.25) is 14.2 Å². The van der Waals surface area contributed by atoms with Gasteiger partial charge in [-0.25, -0.2) is 4.98 Å². The van der Waals surface area contributed by atoms with Crippen LogP contribution in [-0.4, -0.2) is 26.9 Å². The molecule has 5 nitrogen and oxygen atoms in total. The largest absolute Gasteiger partial charge is 0.333 e. The van der Waals surface area contributed by atoms with Gasteiger partial charge in [0.25, 0.3) is 5.56 Å². The molecular weight excluding hydrogens is 350 g/mol. The molecule has 1 aromatic carbocycles. The van der Waals surface area contributed by atoms with E-state index in [1.165, 1.54) is 0 Å². The van der Waals surface area contributed by atoms with Gasteiger partial charge in [-0.15, -0.1) is 0 Å². The molecule has 1 amide bonds. The topological polar surface area (TPSA) is 55.2 Å². The summed E-state index contributed by atoms with van der Waals surface area (Å²) in [6.07, 6.45) is 7.58. The summed E-state index contributed by atoms with van der Waals surface area (Å²) in [5.41, 5.74) is 0.650. The fourth-order valence-electron chi connectivity index (χ4n) is 3.73. The lowest BCUT2D eigenvalue weighted by atomic mass is 10.1. The van der Waals surface area contributed by atoms with E-state index in [-0.39, 0.29) is 17.5 Å². The molecule has 154 valence electrons. The predicted octanol–water partition coefficient (Wildman–Crippen LogP) is 4.98. The molecule has 0 N–H and O–H groups in total. The number of hydrogen-bond acceptors (Lipinski definition) is 3. The van der Waals surface area contributed by atoms with Crippen molar-refractivity contribution in [2.75, 3.05) is 6.54 Å². The van der Waals surface area contributed by atoms with Crippen molar-refractivity contribution in [3.05, 3.63) is 40.4 Å². The quantitative estimate of drug-likeness (QED) is 0.512. The number of carbonyl (C=O) groups is 1. The molecule has 0 bridgehead atoms. The van der Waals surface area contributed by atoms with Gasteiger partial charge in [-0.1, -0.05) is 58.6 Å². The zero-order valence-corrected chi connectivity index (χ0v) is 17.9. The first-order chi connectivity index (χ1) is 13.5. The molecule has 0 spiro atoms. The van der Waals surface area contributed by atoms with Crippen LogP contribution in [0.1, 0.15) is 84.0 Å². The Hall–Kier alpha value is -2.17. The van der Waals surface area contributed by atoms with Gasteiger partial charge < -0.3 is 4.90 Å². The highest BCUT2D eigenvalue weighted by Crippen LogP contribution is 2.25. The normalized spacial score (nSPS) is 12.3. The van der Waals surface area contributed by atoms with Gasteiger partial charge in [0, 0.05) is 20.0 Å². The van der Waals surface area contributed by atoms with Crippen molar-refractivity contribution in [1.82, 2.24) is 14.5 Å². The second kappa shape index (κ2) is 11.0. The molecule has 0 radical (unpaired) electrons. The summed E-state index contributed by atoms with van der Waals surface area (Å²) in [7, 11) is 1.77. The van der Waals surface area contributed by atoms with Crippen LogP contribution < -0.4 is 5.56 Å². The summed E-state index contributed by atoms with van der Waals surface area (Å²) < 4.78 is 1.63. The standard InChI is InChI=1S/C23H35N3O2/c1-5-8-10-16-21(27)26(17-13-9-6-2)20(7-3)22-24-19-15-12-11-14-18(19)23(28)25(22)4/h11-12,14-15,20H,5-10,13,16-17H2,1-4H3. The van der Waals surface area contributed by atoms with Crippen LogP contribution >= 0.6 is 0 Å². The highest BCUT2D eigenvalue weighted by Gasteiger charge is 2.27. The van der Waals surface area contributed by atoms with Crippen molar-refractivity contribution in [3.8, 4) is 0 Å². The zero-order valence-electron chi connectivity index (χ0n) is 17.9. The van der Waals surface area contributed by atoms with E-state index in [0.717, 1.165) is 51.5 Å². The third-order valence-electron chi connectivity index (χ3n) is 5.40. The van der Waals surface area contributed by atoms with Crippen LogP contribution in [0, 0.1) is 0 Å². The van der Waals surface area contributed by atoms with Crippen LogP contribution in [-0.2, 0) is 11.8 Å². The average molecular weight is 386 g/mol. The van der Waals surface area contributed by atoms with E-state index in [9.17, 15) is 9.59 Å². The third kappa shape index (κ3) is 5.21. The second-order valence-electron chi connectivity index (χ2n) is 7.53. The van der Waals surface area contributed by atoms with Gasteiger partial charge in [0.1, 0.15) is 5.82 Å². The van der Waals surface area contributed by atoms with Crippen molar-refractivity contribution in [2.24, 2.45) is 7.05 Å². The monoisotopic (exact) mass is 385 g/mol. The number of benzene rings is 1. The number of carbonyl (C=O) groups excluding carboxylic acids is 1. The first-order valence-corrected chi connectivity index (χ1v) is 10.8. The van der Waals surface area contributed by atoms with E-state index in [0.29, 0.717) is 23.1 Å². The fraction of sp³-hybridized carbons (Fsp3) is 0.609. The molecule has 5 heteroatoms. The lowest BCUT2D eigenvalue weighted by molar-refractivity contribution is -0.134. The number of aromatic nitrogens is 2. The number of hydrogen-bond donors (Lipinski definition) is 0. The Kier molecular flexibility index (Phi) is 8.68. The molecule has 0 aliphatic heterocycles. The second-order valence-corrected chi connectivity index (χ2v) is 7.53. The van der Waals surface area contributed by atoms with Gasteiger partial charge in [0.2, 0.25) is 5.91 Å². The van der Waals surface area contributed by atoms with Gasteiger partial charge in [0.15, 0.2) is 0 Å². The molecule has 2 rings (SSSR count). The number of unbranched alkanes of at least 4 members (excludes halogenated alkanes) is 4. The maximum Gasteiger partial charge on any atom is 0.261 e. The van der Waals surface area contributed by atoms with Crippen LogP contribution in [0.3, 0.4) is 0 Å². The summed E-state index contributed by atoms with van der Waals surface area (Å²) in [5, 5.41) is 0.621. The summed E-state index contributed by atoms with van der Waals surface area (Å²) >= 11 is 0. The molecule has 0 aliphatic carbocycles. The van der Waals surface area contributed by atoms with Gasteiger partial charge >= 0.3 is 0 Å². The Bertz CT molecular complexity index is 828. The molecule has 28 heavy (non-hydrogen) atoms. The minimum Gasteiger partial charge on any atom is -0.333 e. The van der Waals surface area contributed by atoms with Crippen LogP contribution in [0.2, 0.25) is 0 Å². The molecule has 0 fully saturated rings. The average Bonchev–Trinajstić information content (AvgIpc) is 2.71. The van der Waals surface area contributed by atoms with Crippen molar-refractivity contribution < 1.29 is 4.79 Å². The summed E-state index contributed by atoms with van der Waals surface area (Å²) in [6, 6.07) is 7.26. The molecule has 1 atom stereocenters. The van der Waals surface area contributed by atoms with Crippen molar-refractivity contribution >= 4 is 16.8 Å². The van der Waals surface area contributed by atoms with E-state index >= 15 is 0 Å². The number of para-hydroxylation sites is 1. The smallest absolute Gasteiger partial charge is 0.261 e. The van der Waals surface area contributed by atoms with Crippen LogP contribution in [0.4, 0.5) is 0 Å². The minimum absolute atomic E-state index is 0.0500. The number of nitrogens with zero attached hydrogens (tertiary/aromatic N) is 3. The Morgan fingerprint density at radius 3 is 2.43 bits per heavy atom. The van der Waals surface area contributed by atoms with Gasteiger partial charge in [-0.05, 0) is 31.4 Å². The first-order valence-electron chi connectivity index (χ1n) is 10.8. The highest BCUT2D eigenvalue weighted by molar-refractivity contribution is 5.78.